The van der Waals surface area contributed by atoms with Crippen LogP contribution in [0.25, 0.3) is 0 Å². The van der Waals surface area contributed by atoms with E-state index in [0.717, 1.165) is 41.7 Å². The average Bonchev–Trinajstić information content (AvgIpc) is 2.96. The Hall–Kier alpha value is -2.05. The molecule has 0 amide bonds. The summed E-state index contributed by atoms with van der Waals surface area (Å²) in [6, 6.07) is 5.84. The van der Waals surface area contributed by atoms with Crippen LogP contribution in [0.15, 0.2) is 24.4 Å². The SMILES string of the molecule is COCC(Nc1nc(C)nc2c1CNC2)c1ccccn1. The molecule has 0 saturated carbocycles. The van der Waals surface area contributed by atoms with E-state index in [2.05, 4.69) is 25.6 Å². The van der Waals surface area contributed by atoms with Crippen LogP contribution in [0.2, 0.25) is 0 Å². The molecule has 0 radical (unpaired) electrons. The number of methoxy groups -OCH3 is 1. The summed E-state index contributed by atoms with van der Waals surface area (Å²) in [5, 5.41) is 6.77. The summed E-state index contributed by atoms with van der Waals surface area (Å²) >= 11 is 0. The van der Waals surface area contributed by atoms with Crippen molar-refractivity contribution in [2.24, 2.45) is 0 Å². The number of nitrogens with zero attached hydrogens (tertiary/aromatic N) is 3. The van der Waals surface area contributed by atoms with E-state index in [9.17, 15) is 0 Å². The molecule has 0 aliphatic carbocycles. The second-order valence-corrected chi connectivity index (χ2v) is 5.06. The number of rotatable bonds is 5. The second-order valence-electron chi connectivity index (χ2n) is 5.06. The van der Waals surface area contributed by atoms with E-state index in [1.165, 1.54) is 0 Å². The second kappa shape index (κ2) is 6.15. The van der Waals surface area contributed by atoms with Crippen LogP contribution >= 0.6 is 0 Å². The fourth-order valence-corrected chi connectivity index (χ4v) is 2.53. The molecule has 2 N–H and O–H groups in total. The molecular weight excluding hydrogens is 266 g/mol. The number of fused-ring (bicyclic) bond motifs is 1. The first-order valence-corrected chi connectivity index (χ1v) is 7.01. The molecule has 3 rings (SSSR count). The lowest BCUT2D eigenvalue weighted by Crippen LogP contribution is -2.20. The van der Waals surface area contributed by atoms with Crippen LogP contribution in [0.4, 0.5) is 5.82 Å². The zero-order valence-corrected chi connectivity index (χ0v) is 12.3. The number of ether oxygens (including phenoxy) is 1. The lowest BCUT2D eigenvalue weighted by molar-refractivity contribution is 0.185. The minimum absolute atomic E-state index is 0.0322. The molecule has 1 unspecified atom stereocenters. The van der Waals surface area contributed by atoms with Crippen LogP contribution < -0.4 is 10.6 Å². The number of aromatic nitrogens is 3. The van der Waals surface area contributed by atoms with E-state index in [1.54, 1.807) is 13.3 Å². The van der Waals surface area contributed by atoms with Gasteiger partial charge in [0.25, 0.3) is 0 Å². The monoisotopic (exact) mass is 285 g/mol. The lowest BCUT2D eigenvalue weighted by atomic mass is 10.1. The van der Waals surface area contributed by atoms with Gasteiger partial charge in [0.1, 0.15) is 11.6 Å². The van der Waals surface area contributed by atoms with Crippen molar-refractivity contribution in [2.75, 3.05) is 19.0 Å². The van der Waals surface area contributed by atoms with Crippen molar-refractivity contribution in [1.82, 2.24) is 20.3 Å². The third kappa shape index (κ3) is 3.01. The van der Waals surface area contributed by atoms with Crippen LogP contribution in [0.3, 0.4) is 0 Å². The first-order chi connectivity index (χ1) is 10.3. The minimum Gasteiger partial charge on any atom is -0.382 e. The fourth-order valence-electron chi connectivity index (χ4n) is 2.53. The van der Waals surface area contributed by atoms with E-state index < -0.39 is 0 Å². The van der Waals surface area contributed by atoms with Crippen molar-refractivity contribution in [2.45, 2.75) is 26.1 Å². The molecule has 0 fully saturated rings. The molecule has 1 aliphatic rings. The highest BCUT2D eigenvalue weighted by atomic mass is 16.5. The van der Waals surface area contributed by atoms with E-state index in [4.69, 9.17) is 4.74 Å². The van der Waals surface area contributed by atoms with Gasteiger partial charge in [-0.2, -0.15) is 0 Å². The van der Waals surface area contributed by atoms with Gasteiger partial charge in [0.15, 0.2) is 0 Å². The number of hydrogen-bond donors (Lipinski definition) is 2. The summed E-state index contributed by atoms with van der Waals surface area (Å²) in [6.07, 6.45) is 1.79. The topological polar surface area (TPSA) is 72.0 Å². The quantitative estimate of drug-likeness (QED) is 0.869. The summed E-state index contributed by atoms with van der Waals surface area (Å²) in [5.41, 5.74) is 3.15. The van der Waals surface area contributed by atoms with E-state index in [0.29, 0.717) is 6.61 Å². The van der Waals surface area contributed by atoms with Crippen LogP contribution in [-0.2, 0) is 17.8 Å². The van der Waals surface area contributed by atoms with Gasteiger partial charge < -0.3 is 15.4 Å². The highest BCUT2D eigenvalue weighted by Gasteiger charge is 2.21. The molecule has 6 heteroatoms. The first kappa shape index (κ1) is 13.9. The summed E-state index contributed by atoms with van der Waals surface area (Å²) in [5.74, 6) is 1.65. The maximum absolute atomic E-state index is 5.32. The number of hydrogen-bond acceptors (Lipinski definition) is 6. The lowest BCUT2D eigenvalue weighted by Gasteiger charge is -2.19. The molecule has 6 nitrogen and oxygen atoms in total. The average molecular weight is 285 g/mol. The van der Waals surface area contributed by atoms with Crippen molar-refractivity contribution in [3.8, 4) is 0 Å². The summed E-state index contributed by atoms with van der Waals surface area (Å²) < 4.78 is 5.32. The Bertz CT molecular complexity index is 617. The molecule has 0 bridgehead atoms. The first-order valence-electron chi connectivity index (χ1n) is 7.01. The molecule has 110 valence electrons. The maximum Gasteiger partial charge on any atom is 0.135 e. The predicted molar refractivity (Wildman–Crippen MR) is 79.8 cm³/mol. The van der Waals surface area contributed by atoms with Crippen LogP contribution in [0.5, 0.6) is 0 Å². The summed E-state index contributed by atoms with van der Waals surface area (Å²) in [6.45, 7) is 4.03. The van der Waals surface area contributed by atoms with Gasteiger partial charge >= 0.3 is 0 Å². The molecule has 2 aromatic rings. The highest BCUT2D eigenvalue weighted by Crippen LogP contribution is 2.25. The Balaban J connectivity index is 1.90. The number of nitrogens with one attached hydrogen (secondary N) is 2. The molecular formula is C15H19N5O. The number of anilines is 1. The Morgan fingerprint density at radius 2 is 2.24 bits per heavy atom. The summed E-state index contributed by atoms with van der Waals surface area (Å²) in [7, 11) is 1.69. The van der Waals surface area contributed by atoms with Gasteiger partial charge in [-0.3, -0.25) is 4.98 Å². The number of aryl methyl sites for hydroxylation is 1. The molecule has 0 aromatic carbocycles. The fraction of sp³-hybridized carbons (Fsp3) is 0.400. The smallest absolute Gasteiger partial charge is 0.135 e. The molecule has 3 heterocycles. The van der Waals surface area contributed by atoms with Gasteiger partial charge in [-0.1, -0.05) is 6.07 Å². The zero-order valence-electron chi connectivity index (χ0n) is 12.3. The van der Waals surface area contributed by atoms with Gasteiger partial charge in [-0.05, 0) is 19.1 Å². The largest absolute Gasteiger partial charge is 0.382 e. The Labute approximate surface area is 124 Å². The third-order valence-corrected chi connectivity index (χ3v) is 3.49. The van der Waals surface area contributed by atoms with Crippen LogP contribution in [-0.4, -0.2) is 28.7 Å². The van der Waals surface area contributed by atoms with Crippen molar-refractivity contribution in [3.05, 3.63) is 47.2 Å². The molecule has 0 spiro atoms. The van der Waals surface area contributed by atoms with Crippen LogP contribution in [0, 0.1) is 6.92 Å². The normalized spacial score (nSPS) is 14.8. The predicted octanol–water partition coefficient (Wildman–Crippen LogP) is 1.58. The zero-order chi connectivity index (χ0) is 14.7. The van der Waals surface area contributed by atoms with Gasteiger partial charge in [0.2, 0.25) is 0 Å². The van der Waals surface area contributed by atoms with E-state index in [-0.39, 0.29) is 6.04 Å². The van der Waals surface area contributed by atoms with Crippen molar-refractivity contribution < 1.29 is 4.74 Å². The van der Waals surface area contributed by atoms with Gasteiger partial charge in [0, 0.05) is 32.0 Å². The van der Waals surface area contributed by atoms with Crippen molar-refractivity contribution >= 4 is 5.82 Å². The van der Waals surface area contributed by atoms with Crippen molar-refractivity contribution in [3.63, 3.8) is 0 Å². The molecule has 1 atom stereocenters. The van der Waals surface area contributed by atoms with Crippen LogP contribution in [0.1, 0.15) is 28.8 Å². The van der Waals surface area contributed by atoms with Crippen molar-refractivity contribution in [1.29, 1.82) is 0 Å². The Morgan fingerprint density at radius 1 is 1.33 bits per heavy atom. The maximum atomic E-state index is 5.32. The minimum atomic E-state index is -0.0322. The molecule has 0 saturated heterocycles. The molecule has 21 heavy (non-hydrogen) atoms. The summed E-state index contributed by atoms with van der Waals surface area (Å²) in [4.78, 5) is 13.4. The van der Waals surface area contributed by atoms with E-state index in [1.807, 2.05) is 25.1 Å². The Kier molecular flexibility index (Phi) is 4.08. The van der Waals surface area contributed by atoms with Gasteiger partial charge in [-0.25, -0.2) is 9.97 Å². The number of pyridine rings is 1. The van der Waals surface area contributed by atoms with Gasteiger partial charge in [-0.15, -0.1) is 0 Å². The highest BCUT2D eigenvalue weighted by molar-refractivity contribution is 5.49. The third-order valence-electron chi connectivity index (χ3n) is 3.49. The van der Waals surface area contributed by atoms with E-state index >= 15 is 0 Å². The molecule has 2 aromatic heterocycles. The standard InChI is InChI=1S/C15H19N5O/c1-10-18-13-8-16-7-11(13)15(19-10)20-14(9-21-2)12-5-3-4-6-17-12/h3-6,14,16H,7-9H2,1-2H3,(H,18,19,20). The van der Waals surface area contributed by atoms with Gasteiger partial charge in [0.05, 0.1) is 24.0 Å². The Morgan fingerprint density at radius 3 is 3.00 bits per heavy atom. The molecule has 1 aliphatic heterocycles.